The molecule has 2 amide bonds. The van der Waals surface area contributed by atoms with Gasteiger partial charge in [-0.25, -0.2) is 4.90 Å². The van der Waals surface area contributed by atoms with Crippen LogP contribution in [0.5, 0.6) is 0 Å². The van der Waals surface area contributed by atoms with E-state index >= 15 is 0 Å². The van der Waals surface area contributed by atoms with Crippen LogP contribution in [0.25, 0.3) is 0 Å². The van der Waals surface area contributed by atoms with E-state index in [0.29, 0.717) is 18.2 Å². The minimum Gasteiger partial charge on any atom is -0.336 e. The predicted molar refractivity (Wildman–Crippen MR) is 105 cm³/mol. The number of carbonyl (C=O) groups is 2. The summed E-state index contributed by atoms with van der Waals surface area (Å²) in [6, 6.07) is 16.9. The van der Waals surface area contributed by atoms with Gasteiger partial charge in [-0.05, 0) is 42.7 Å². The van der Waals surface area contributed by atoms with E-state index in [1.165, 1.54) is 0 Å². The number of rotatable bonds is 5. The molecule has 0 N–H and O–H groups in total. The molecular weight excluding hydrogens is 348 g/mol. The summed E-state index contributed by atoms with van der Waals surface area (Å²) in [5.74, 6) is -0.513. The second kappa shape index (κ2) is 7.34. The SMILES string of the molecule is CCN(C1=C(Cl)C(=O)N(c2ccc(C(C)C)cc2)C1=O)c1ccccc1. The fourth-order valence-electron chi connectivity index (χ4n) is 3.05. The third-order valence-electron chi connectivity index (χ3n) is 4.48. The van der Waals surface area contributed by atoms with Crippen LogP contribution in [0, 0.1) is 0 Å². The van der Waals surface area contributed by atoms with Crippen molar-refractivity contribution in [2.24, 2.45) is 0 Å². The molecule has 0 radical (unpaired) electrons. The van der Waals surface area contributed by atoms with Crippen LogP contribution in [0.2, 0.25) is 0 Å². The van der Waals surface area contributed by atoms with Gasteiger partial charge in [-0.3, -0.25) is 9.59 Å². The molecule has 3 rings (SSSR count). The number of carbonyl (C=O) groups excluding carboxylic acids is 2. The summed E-state index contributed by atoms with van der Waals surface area (Å²) in [7, 11) is 0. The Morgan fingerprint density at radius 2 is 1.58 bits per heavy atom. The van der Waals surface area contributed by atoms with Crippen molar-refractivity contribution in [1.82, 2.24) is 0 Å². The van der Waals surface area contributed by atoms with Crippen molar-refractivity contribution >= 4 is 34.8 Å². The van der Waals surface area contributed by atoms with Crippen molar-refractivity contribution in [2.45, 2.75) is 26.7 Å². The Bertz CT molecular complexity index is 857. The third-order valence-corrected chi connectivity index (χ3v) is 4.82. The molecule has 0 saturated carbocycles. The fourth-order valence-corrected chi connectivity index (χ4v) is 3.31. The molecule has 0 atom stereocenters. The molecular formula is C21H21ClN2O2. The van der Waals surface area contributed by atoms with Gasteiger partial charge in [0.1, 0.15) is 10.7 Å². The first-order chi connectivity index (χ1) is 12.5. The van der Waals surface area contributed by atoms with E-state index in [2.05, 4.69) is 13.8 Å². The molecule has 2 aromatic rings. The molecule has 4 nitrogen and oxygen atoms in total. The zero-order valence-electron chi connectivity index (χ0n) is 15.1. The lowest BCUT2D eigenvalue weighted by molar-refractivity contribution is -0.120. The Kier molecular flexibility index (Phi) is 5.14. The lowest BCUT2D eigenvalue weighted by atomic mass is 10.0. The van der Waals surface area contributed by atoms with Gasteiger partial charge >= 0.3 is 0 Å². The zero-order valence-corrected chi connectivity index (χ0v) is 15.8. The van der Waals surface area contributed by atoms with Crippen LogP contribution in [0.15, 0.2) is 65.3 Å². The average molecular weight is 369 g/mol. The van der Waals surface area contributed by atoms with Crippen molar-refractivity contribution in [3.8, 4) is 0 Å². The maximum absolute atomic E-state index is 13.0. The number of hydrogen-bond acceptors (Lipinski definition) is 3. The molecule has 0 saturated heterocycles. The van der Waals surface area contributed by atoms with E-state index < -0.39 is 11.8 Å². The lowest BCUT2D eigenvalue weighted by Gasteiger charge is -2.24. The summed E-state index contributed by atoms with van der Waals surface area (Å²) in [6.07, 6.45) is 0. The van der Waals surface area contributed by atoms with Crippen LogP contribution in [0.4, 0.5) is 11.4 Å². The van der Waals surface area contributed by atoms with Gasteiger partial charge in [-0.1, -0.05) is 55.8 Å². The van der Waals surface area contributed by atoms with Crippen molar-refractivity contribution in [2.75, 3.05) is 16.3 Å². The summed E-state index contributed by atoms with van der Waals surface area (Å²) in [5, 5.41) is -0.0476. The molecule has 0 unspecified atom stereocenters. The molecule has 0 aromatic heterocycles. The monoisotopic (exact) mass is 368 g/mol. The highest BCUT2D eigenvalue weighted by Gasteiger charge is 2.41. The standard InChI is InChI=1S/C21H21ClN2O2/c1-4-23(16-8-6-5-7-9-16)19-18(22)20(25)24(21(19)26)17-12-10-15(11-13-17)14(2)3/h5-14H,4H2,1-3H3. The first-order valence-corrected chi connectivity index (χ1v) is 9.04. The van der Waals surface area contributed by atoms with Gasteiger partial charge in [-0.15, -0.1) is 0 Å². The third kappa shape index (κ3) is 3.13. The smallest absolute Gasteiger partial charge is 0.283 e. The van der Waals surface area contributed by atoms with Crippen LogP contribution in [0.1, 0.15) is 32.3 Å². The molecule has 0 spiro atoms. The Hall–Kier alpha value is -2.59. The number of amides is 2. The van der Waals surface area contributed by atoms with Gasteiger partial charge in [0.15, 0.2) is 0 Å². The largest absolute Gasteiger partial charge is 0.336 e. The Morgan fingerprint density at radius 1 is 0.962 bits per heavy atom. The summed E-state index contributed by atoms with van der Waals surface area (Å²) < 4.78 is 0. The Morgan fingerprint density at radius 3 is 2.12 bits per heavy atom. The van der Waals surface area contributed by atoms with Crippen LogP contribution >= 0.6 is 11.6 Å². The van der Waals surface area contributed by atoms with Crippen LogP contribution in [-0.4, -0.2) is 18.4 Å². The van der Waals surface area contributed by atoms with E-state index in [1.54, 1.807) is 17.0 Å². The number of nitrogens with zero attached hydrogens (tertiary/aromatic N) is 2. The molecule has 0 fully saturated rings. The predicted octanol–water partition coefficient (Wildman–Crippen LogP) is 4.66. The average Bonchev–Trinajstić information content (AvgIpc) is 2.87. The van der Waals surface area contributed by atoms with E-state index in [0.717, 1.165) is 16.2 Å². The highest BCUT2D eigenvalue weighted by Crippen LogP contribution is 2.33. The number of likely N-dealkylation sites (N-methyl/N-ethyl adjacent to an activating group) is 1. The normalized spacial score (nSPS) is 14.6. The summed E-state index contributed by atoms with van der Waals surface area (Å²) in [6.45, 7) is 6.63. The maximum atomic E-state index is 13.0. The van der Waals surface area contributed by atoms with Gasteiger partial charge in [0.25, 0.3) is 11.8 Å². The van der Waals surface area contributed by atoms with E-state index in [-0.39, 0.29) is 10.7 Å². The summed E-state index contributed by atoms with van der Waals surface area (Å²) in [5.41, 5.74) is 2.72. The Labute approximate surface area is 158 Å². The quantitative estimate of drug-likeness (QED) is 0.720. The van der Waals surface area contributed by atoms with E-state index in [9.17, 15) is 9.59 Å². The van der Waals surface area contributed by atoms with Crippen LogP contribution < -0.4 is 9.80 Å². The molecule has 1 heterocycles. The van der Waals surface area contributed by atoms with Gasteiger partial charge in [0.2, 0.25) is 0 Å². The van der Waals surface area contributed by atoms with Crippen molar-refractivity contribution < 1.29 is 9.59 Å². The number of benzene rings is 2. The molecule has 1 aliphatic rings. The molecule has 0 bridgehead atoms. The van der Waals surface area contributed by atoms with Crippen molar-refractivity contribution in [1.29, 1.82) is 0 Å². The zero-order chi connectivity index (χ0) is 18.8. The topological polar surface area (TPSA) is 40.6 Å². The van der Waals surface area contributed by atoms with Gasteiger partial charge in [-0.2, -0.15) is 0 Å². The van der Waals surface area contributed by atoms with Crippen LogP contribution in [0.3, 0.4) is 0 Å². The van der Waals surface area contributed by atoms with Crippen molar-refractivity contribution in [3.05, 3.63) is 70.9 Å². The molecule has 1 aliphatic heterocycles. The first kappa shape index (κ1) is 18.2. The number of anilines is 2. The number of para-hydroxylation sites is 1. The second-order valence-corrected chi connectivity index (χ2v) is 6.81. The Balaban J connectivity index is 1.97. The second-order valence-electron chi connectivity index (χ2n) is 6.43. The number of halogens is 1. The molecule has 2 aromatic carbocycles. The van der Waals surface area contributed by atoms with Gasteiger partial charge in [0, 0.05) is 12.2 Å². The van der Waals surface area contributed by atoms with Gasteiger partial charge in [0.05, 0.1) is 5.69 Å². The molecule has 5 heteroatoms. The van der Waals surface area contributed by atoms with Crippen molar-refractivity contribution in [3.63, 3.8) is 0 Å². The minimum atomic E-state index is -0.488. The first-order valence-electron chi connectivity index (χ1n) is 8.66. The van der Waals surface area contributed by atoms with Gasteiger partial charge < -0.3 is 4.90 Å². The maximum Gasteiger partial charge on any atom is 0.283 e. The highest BCUT2D eigenvalue weighted by molar-refractivity contribution is 6.53. The number of hydrogen-bond donors (Lipinski definition) is 0. The van der Waals surface area contributed by atoms with E-state index in [4.69, 9.17) is 11.6 Å². The number of imide groups is 1. The summed E-state index contributed by atoms with van der Waals surface area (Å²) in [4.78, 5) is 28.6. The minimum absolute atomic E-state index is 0.0476. The molecule has 134 valence electrons. The van der Waals surface area contributed by atoms with Crippen LogP contribution in [-0.2, 0) is 9.59 Å². The molecule has 0 aliphatic carbocycles. The fraction of sp³-hybridized carbons (Fsp3) is 0.238. The van der Waals surface area contributed by atoms with E-state index in [1.807, 2.05) is 49.4 Å². The summed E-state index contributed by atoms with van der Waals surface area (Å²) >= 11 is 6.30. The molecule has 26 heavy (non-hydrogen) atoms. The highest BCUT2D eigenvalue weighted by atomic mass is 35.5. The lowest BCUT2D eigenvalue weighted by Crippen LogP contribution is -2.35.